The van der Waals surface area contributed by atoms with Crippen molar-refractivity contribution in [1.29, 1.82) is 0 Å². The van der Waals surface area contributed by atoms with Crippen molar-refractivity contribution < 1.29 is 14.6 Å². The summed E-state index contributed by atoms with van der Waals surface area (Å²) in [5.74, 6) is -0.483. The number of likely N-dealkylation sites (tertiary alicyclic amines) is 1. The van der Waals surface area contributed by atoms with Gasteiger partial charge in [0.25, 0.3) is 0 Å². The van der Waals surface area contributed by atoms with Crippen molar-refractivity contribution in [3.05, 3.63) is 35.9 Å². The third-order valence-corrected chi connectivity index (χ3v) is 4.82. The van der Waals surface area contributed by atoms with Crippen LogP contribution in [0.2, 0.25) is 0 Å². The van der Waals surface area contributed by atoms with Gasteiger partial charge in [-0.15, -0.1) is 0 Å². The van der Waals surface area contributed by atoms with E-state index in [0.717, 1.165) is 25.8 Å². The number of rotatable bonds is 4. The zero-order valence-corrected chi connectivity index (χ0v) is 13.6. The summed E-state index contributed by atoms with van der Waals surface area (Å²) in [5.41, 5.74) is 1.30. The molecule has 3 atom stereocenters. The zero-order valence-electron chi connectivity index (χ0n) is 13.6. The SMILES string of the molecule is CC1(C)OC[C@H]2[C@@H](CC[C@@H](CCO)N2Cc2ccccc2)O1. The number of hydrogen-bond acceptors (Lipinski definition) is 4. The van der Waals surface area contributed by atoms with Gasteiger partial charge >= 0.3 is 0 Å². The fraction of sp³-hybridized carbons (Fsp3) is 0.667. The van der Waals surface area contributed by atoms with Crippen LogP contribution >= 0.6 is 0 Å². The molecule has 1 N–H and O–H groups in total. The Balaban J connectivity index is 1.77. The third kappa shape index (κ3) is 3.51. The minimum atomic E-state index is -0.483. The predicted molar refractivity (Wildman–Crippen MR) is 85.4 cm³/mol. The van der Waals surface area contributed by atoms with Gasteiger partial charge in [0.05, 0.1) is 18.8 Å². The zero-order chi connectivity index (χ0) is 15.6. The summed E-state index contributed by atoms with van der Waals surface area (Å²) < 4.78 is 12.0. The molecule has 2 saturated heterocycles. The summed E-state index contributed by atoms with van der Waals surface area (Å²) in [5, 5.41) is 9.39. The highest BCUT2D eigenvalue weighted by atomic mass is 16.7. The first-order valence-corrected chi connectivity index (χ1v) is 8.31. The van der Waals surface area contributed by atoms with Crippen LogP contribution in [0.15, 0.2) is 30.3 Å². The van der Waals surface area contributed by atoms with Crippen LogP contribution in [0.4, 0.5) is 0 Å². The Labute approximate surface area is 133 Å². The van der Waals surface area contributed by atoms with Gasteiger partial charge in [-0.2, -0.15) is 0 Å². The fourth-order valence-electron chi connectivity index (χ4n) is 3.72. The number of benzene rings is 1. The first kappa shape index (κ1) is 15.9. The molecule has 0 amide bonds. The number of hydrogen-bond donors (Lipinski definition) is 1. The molecule has 0 unspecified atom stereocenters. The van der Waals surface area contributed by atoms with Gasteiger partial charge in [-0.05, 0) is 38.7 Å². The molecule has 2 heterocycles. The van der Waals surface area contributed by atoms with Crippen molar-refractivity contribution in [2.24, 2.45) is 0 Å². The van der Waals surface area contributed by atoms with Crippen molar-refractivity contribution in [2.75, 3.05) is 13.2 Å². The van der Waals surface area contributed by atoms with Crippen LogP contribution in [-0.4, -0.2) is 47.2 Å². The molecule has 0 bridgehead atoms. The van der Waals surface area contributed by atoms with Gasteiger partial charge in [0.1, 0.15) is 0 Å². The number of aliphatic hydroxyl groups excluding tert-OH is 1. The van der Waals surface area contributed by atoms with Gasteiger partial charge in [-0.3, -0.25) is 4.90 Å². The number of aliphatic hydroxyl groups is 1. The summed E-state index contributed by atoms with van der Waals surface area (Å²) in [4.78, 5) is 2.48. The molecule has 4 heteroatoms. The smallest absolute Gasteiger partial charge is 0.163 e. The van der Waals surface area contributed by atoms with Gasteiger partial charge in [0.15, 0.2) is 5.79 Å². The van der Waals surface area contributed by atoms with Crippen LogP contribution in [0.1, 0.15) is 38.7 Å². The highest BCUT2D eigenvalue weighted by Crippen LogP contribution is 2.35. The van der Waals surface area contributed by atoms with Crippen LogP contribution in [0.25, 0.3) is 0 Å². The number of fused-ring (bicyclic) bond motifs is 1. The van der Waals surface area contributed by atoms with E-state index < -0.39 is 5.79 Å². The molecule has 22 heavy (non-hydrogen) atoms. The van der Waals surface area contributed by atoms with E-state index in [-0.39, 0.29) is 18.8 Å². The molecule has 0 radical (unpaired) electrons. The Kier molecular flexibility index (Phi) is 4.83. The normalized spacial score (nSPS) is 31.7. The lowest BCUT2D eigenvalue weighted by molar-refractivity contribution is -0.305. The third-order valence-electron chi connectivity index (χ3n) is 4.82. The molecule has 4 nitrogen and oxygen atoms in total. The fourth-order valence-corrected chi connectivity index (χ4v) is 3.72. The molecule has 122 valence electrons. The molecular weight excluding hydrogens is 278 g/mol. The van der Waals surface area contributed by atoms with E-state index in [1.54, 1.807) is 0 Å². The molecule has 3 rings (SSSR count). The van der Waals surface area contributed by atoms with Crippen LogP contribution in [0.3, 0.4) is 0 Å². The van der Waals surface area contributed by atoms with E-state index in [4.69, 9.17) is 9.47 Å². The molecule has 2 aliphatic rings. The monoisotopic (exact) mass is 305 g/mol. The predicted octanol–water partition coefficient (Wildman–Crippen LogP) is 2.55. The maximum atomic E-state index is 9.39. The van der Waals surface area contributed by atoms with Crippen molar-refractivity contribution in [3.8, 4) is 0 Å². The molecule has 0 saturated carbocycles. The second-order valence-electron chi connectivity index (χ2n) is 6.84. The van der Waals surface area contributed by atoms with E-state index in [1.807, 2.05) is 19.9 Å². The lowest BCUT2D eigenvalue weighted by Crippen LogP contribution is -2.61. The number of ether oxygens (including phenoxy) is 2. The topological polar surface area (TPSA) is 41.9 Å². The summed E-state index contributed by atoms with van der Waals surface area (Å²) in [6.45, 7) is 5.81. The van der Waals surface area contributed by atoms with Crippen LogP contribution in [-0.2, 0) is 16.0 Å². The second-order valence-corrected chi connectivity index (χ2v) is 6.84. The van der Waals surface area contributed by atoms with Gasteiger partial charge in [0, 0.05) is 19.2 Å². The minimum Gasteiger partial charge on any atom is -0.396 e. The van der Waals surface area contributed by atoms with Crippen molar-refractivity contribution >= 4 is 0 Å². The van der Waals surface area contributed by atoms with Crippen molar-refractivity contribution in [2.45, 2.75) is 63.6 Å². The quantitative estimate of drug-likeness (QED) is 0.928. The lowest BCUT2D eigenvalue weighted by atomic mass is 9.90. The number of nitrogens with zero attached hydrogens (tertiary/aromatic N) is 1. The van der Waals surface area contributed by atoms with Gasteiger partial charge in [0.2, 0.25) is 0 Å². The van der Waals surface area contributed by atoms with Crippen LogP contribution in [0, 0.1) is 0 Å². The molecule has 1 aromatic rings. The molecule has 1 aromatic carbocycles. The Morgan fingerprint density at radius 3 is 2.73 bits per heavy atom. The van der Waals surface area contributed by atoms with Gasteiger partial charge in [-0.1, -0.05) is 30.3 Å². The van der Waals surface area contributed by atoms with Crippen LogP contribution in [0.5, 0.6) is 0 Å². The maximum absolute atomic E-state index is 9.39. The summed E-state index contributed by atoms with van der Waals surface area (Å²) in [6.07, 6.45) is 3.17. The molecule has 0 spiro atoms. The molecule has 0 aromatic heterocycles. The van der Waals surface area contributed by atoms with Gasteiger partial charge in [-0.25, -0.2) is 0 Å². The standard InChI is InChI=1S/C18H27NO3/c1-18(2)21-13-16-17(22-18)9-8-15(10-11-20)19(16)12-14-6-4-3-5-7-14/h3-7,15-17,20H,8-13H2,1-2H3/t15-,16-,17+/m0/s1. The van der Waals surface area contributed by atoms with E-state index in [2.05, 4.69) is 29.2 Å². The van der Waals surface area contributed by atoms with Crippen LogP contribution < -0.4 is 0 Å². The molecular formula is C18H27NO3. The van der Waals surface area contributed by atoms with E-state index >= 15 is 0 Å². The largest absolute Gasteiger partial charge is 0.396 e. The first-order valence-electron chi connectivity index (χ1n) is 8.31. The second kappa shape index (κ2) is 6.67. The van der Waals surface area contributed by atoms with Crippen molar-refractivity contribution in [3.63, 3.8) is 0 Å². The lowest BCUT2D eigenvalue weighted by Gasteiger charge is -2.51. The van der Waals surface area contributed by atoms with E-state index in [9.17, 15) is 5.11 Å². The highest BCUT2D eigenvalue weighted by molar-refractivity contribution is 5.15. The highest BCUT2D eigenvalue weighted by Gasteiger charge is 2.44. The molecule has 0 aliphatic carbocycles. The molecule has 2 fully saturated rings. The minimum absolute atomic E-state index is 0.224. The van der Waals surface area contributed by atoms with Gasteiger partial charge < -0.3 is 14.6 Å². The average Bonchev–Trinajstić information content (AvgIpc) is 2.50. The number of piperidine rings is 1. The summed E-state index contributed by atoms with van der Waals surface area (Å²) in [6, 6.07) is 11.2. The van der Waals surface area contributed by atoms with E-state index in [0.29, 0.717) is 12.6 Å². The molecule has 2 aliphatic heterocycles. The first-order chi connectivity index (χ1) is 10.6. The summed E-state index contributed by atoms with van der Waals surface area (Å²) >= 11 is 0. The summed E-state index contributed by atoms with van der Waals surface area (Å²) in [7, 11) is 0. The Morgan fingerprint density at radius 1 is 1.23 bits per heavy atom. The Hall–Kier alpha value is -0.940. The Morgan fingerprint density at radius 2 is 2.00 bits per heavy atom. The Bertz CT molecular complexity index is 476. The maximum Gasteiger partial charge on any atom is 0.163 e. The average molecular weight is 305 g/mol. The van der Waals surface area contributed by atoms with Crippen molar-refractivity contribution in [1.82, 2.24) is 4.90 Å². The van der Waals surface area contributed by atoms with E-state index in [1.165, 1.54) is 5.56 Å².